The Morgan fingerprint density at radius 1 is 0.939 bits per heavy atom. The Hall–Kier alpha value is -3.20. The molecule has 1 saturated heterocycles. The molecule has 0 radical (unpaired) electrons. The van der Waals surface area contributed by atoms with Gasteiger partial charge in [0.05, 0.1) is 11.9 Å². The number of fused-ring (bicyclic) bond motifs is 2. The molecule has 0 spiro atoms. The second kappa shape index (κ2) is 8.62. The maximum atomic E-state index is 12.9. The van der Waals surface area contributed by atoms with Gasteiger partial charge >= 0.3 is 0 Å². The number of H-pyrrole nitrogens is 1. The summed E-state index contributed by atoms with van der Waals surface area (Å²) in [7, 11) is 0. The highest BCUT2D eigenvalue weighted by Gasteiger charge is 2.20. The number of rotatable bonds is 5. The molecule has 33 heavy (non-hydrogen) atoms. The van der Waals surface area contributed by atoms with Crippen LogP contribution in [-0.2, 0) is 13.1 Å². The first-order chi connectivity index (χ1) is 16.2. The number of aromatic amines is 1. The van der Waals surface area contributed by atoms with Crippen LogP contribution in [0.2, 0.25) is 0 Å². The van der Waals surface area contributed by atoms with E-state index in [2.05, 4.69) is 26.9 Å². The van der Waals surface area contributed by atoms with Crippen LogP contribution in [0.5, 0.6) is 11.5 Å². The van der Waals surface area contributed by atoms with Gasteiger partial charge in [0, 0.05) is 43.7 Å². The summed E-state index contributed by atoms with van der Waals surface area (Å²) in [5.41, 5.74) is 3.17. The van der Waals surface area contributed by atoms with E-state index < -0.39 is 0 Å². The smallest absolute Gasteiger partial charge is 0.260 e. The van der Waals surface area contributed by atoms with Gasteiger partial charge in [-0.15, -0.1) is 11.3 Å². The first kappa shape index (κ1) is 20.4. The van der Waals surface area contributed by atoms with E-state index >= 15 is 0 Å². The Kier molecular flexibility index (Phi) is 5.33. The van der Waals surface area contributed by atoms with Gasteiger partial charge in [0.2, 0.25) is 6.79 Å². The van der Waals surface area contributed by atoms with Crippen LogP contribution in [0.1, 0.15) is 11.4 Å². The molecule has 0 unspecified atom stereocenters. The second-order valence-electron chi connectivity index (χ2n) is 8.45. The minimum atomic E-state index is -0.0588. The molecule has 8 heteroatoms. The third kappa shape index (κ3) is 4.13. The van der Waals surface area contributed by atoms with Gasteiger partial charge in [-0.25, -0.2) is 4.98 Å². The van der Waals surface area contributed by atoms with E-state index in [0.29, 0.717) is 18.7 Å². The average Bonchev–Trinajstić information content (AvgIpc) is 3.48. The Morgan fingerprint density at radius 3 is 2.52 bits per heavy atom. The predicted octanol–water partition coefficient (Wildman–Crippen LogP) is 3.70. The van der Waals surface area contributed by atoms with Gasteiger partial charge in [0.15, 0.2) is 11.5 Å². The Bertz CT molecular complexity index is 1340. The lowest BCUT2D eigenvalue weighted by atomic mass is 10.1. The van der Waals surface area contributed by atoms with Crippen LogP contribution >= 0.6 is 11.3 Å². The molecule has 2 aliphatic heterocycles. The number of aromatic nitrogens is 2. The van der Waals surface area contributed by atoms with Gasteiger partial charge < -0.3 is 14.5 Å². The van der Waals surface area contributed by atoms with E-state index in [1.807, 2.05) is 41.8 Å². The van der Waals surface area contributed by atoms with Gasteiger partial charge in [0.1, 0.15) is 10.7 Å². The highest BCUT2D eigenvalue weighted by Crippen LogP contribution is 2.33. The first-order valence-corrected chi connectivity index (χ1v) is 12.0. The summed E-state index contributed by atoms with van der Waals surface area (Å²) in [5.74, 6) is 2.39. The molecular formula is C25H24N4O3S. The average molecular weight is 461 g/mol. The van der Waals surface area contributed by atoms with Crippen molar-refractivity contribution in [1.82, 2.24) is 19.8 Å². The molecule has 2 aromatic heterocycles. The van der Waals surface area contributed by atoms with E-state index in [0.717, 1.165) is 66.0 Å². The summed E-state index contributed by atoms with van der Waals surface area (Å²) in [4.78, 5) is 26.3. The maximum absolute atomic E-state index is 12.9. The van der Waals surface area contributed by atoms with Gasteiger partial charge in [-0.1, -0.05) is 36.4 Å². The minimum absolute atomic E-state index is 0.0588. The molecule has 0 amide bonds. The Labute approximate surface area is 195 Å². The van der Waals surface area contributed by atoms with Crippen molar-refractivity contribution < 1.29 is 9.47 Å². The van der Waals surface area contributed by atoms with Crippen LogP contribution in [0.15, 0.2) is 58.7 Å². The lowest BCUT2D eigenvalue weighted by Gasteiger charge is -2.34. The number of ether oxygens (including phenoxy) is 2. The molecule has 2 aliphatic rings. The predicted molar refractivity (Wildman–Crippen MR) is 129 cm³/mol. The molecule has 1 N–H and O–H groups in total. The number of nitrogens with one attached hydrogen (secondary N) is 1. The lowest BCUT2D eigenvalue weighted by molar-refractivity contribution is 0.120. The zero-order valence-electron chi connectivity index (χ0n) is 18.1. The topological polar surface area (TPSA) is 70.7 Å². The molecule has 4 aromatic rings. The van der Waals surface area contributed by atoms with Gasteiger partial charge in [-0.2, -0.15) is 0 Å². The molecule has 168 valence electrons. The number of benzene rings is 2. The fourth-order valence-corrected chi connectivity index (χ4v) is 5.48. The molecule has 7 nitrogen and oxygen atoms in total. The van der Waals surface area contributed by atoms with E-state index in [9.17, 15) is 4.79 Å². The molecule has 6 rings (SSSR count). The summed E-state index contributed by atoms with van der Waals surface area (Å²) in [6.45, 7) is 5.66. The number of hydrogen-bond acceptors (Lipinski definition) is 7. The molecule has 0 bridgehead atoms. The van der Waals surface area contributed by atoms with Crippen molar-refractivity contribution in [3.05, 3.63) is 75.7 Å². The lowest BCUT2D eigenvalue weighted by Crippen LogP contribution is -2.45. The third-order valence-electron chi connectivity index (χ3n) is 6.26. The zero-order valence-corrected chi connectivity index (χ0v) is 18.9. The number of thiophene rings is 1. The maximum Gasteiger partial charge on any atom is 0.260 e. The van der Waals surface area contributed by atoms with E-state index in [4.69, 9.17) is 14.5 Å². The van der Waals surface area contributed by atoms with Crippen molar-refractivity contribution in [2.75, 3.05) is 33.0 Å². The fourth-order valence-electron chi connectivity index (χ4n) is 4.51. The SMILES string of the molecule is O=c1[nH]c(CN2CCN(Cc3ccc4c(c3)OCO4)CC2)nc2scc(-c3ccccc3)c12. The van der Waals surface area contributed by atoms with Gasteiger partial charge in [-0.05, 0) is 23.3 Å². The fraction of sp³-hybridized carbons (Fsp3) is 0.280. The highest BCUT2D eigenvalue weighted by atomic mass is 32.1. The minimum Gasteiger partial charge on any atom is -0.454 e. The van der Waals surface area contributed by atoms with Gasteiger partial charge in [-0.3, -0.25) is 14.6 Å². The third-order valence-corrected chi connectivity index (χ3v) is 7.13. The number of hydrogen-bond donors (Lipinski definition) is 1. The summed E-state index contributed by atoms with van der Waals surface area (Å²) in [6.07, 6.45) is 0. The summed E-state index contributed by atoms with van der Waals surface area (Å²) in [5, 5.41) is 2.71. The van der Waals surface area contributed by atoms with Crippen molar-refractivity contribution in [3.63, 3.8) is 0 Å². The van der Waals surface area contributed by atoms with Gasteiger partial charge in [0.25, 0.3) is 5.56 Å². The van der Waals surface area contributed by atoms with Crippen molar-refractivity contribution >= 4 is 21.6 Å². The second-order valence-corrected chi connectivity index (χ2v) is 9.31. The van der Waals surface area contributed by atoms with Crippen LogP contribution in [0.3, 0.4) is 0 Å². The number of nitrogens with zero attached hydrogens (tertiary/aromatic N) is 3. The molecule has 0 aliphatic carbocycles. The molecular weight excluding hydrogens is 436 g/mol. The van der Waals surface area contributed by atoms with Crippen molar-refractivity contribution in [2.24, 2.45) is 0 Å². The molecule has 4 heterocycles. The Balaban J connectivity index is 1.11. The summed E-state index contributed by atoms with van der Waals surface area (Å²) >= 11 is 1.53. The first-order valence-electron chi connectivity index (χ1n) is 11.1. The summed E-state index contributed by atoms with van der Waals surface area (Å²) < 4.78 is 10.9. The zero-order chi connectivity index (χ0) is 22.2. The largest absolute Gasteiger partial charge is 0.454 e. The quantitative estimate of drug-likeness (QED) is 0.490. The van der Waals surface area contributed by atoms with Crippen molar-refractivity contribution in [3.8, 4) is 22.6 Å². The molecule has 0 saturated carbocycles. The van der Waals surface area contributed by atoms with Crippen molar-refractivity contribution in [2.45, 2.75) is 13.1 Å². The van der Waals surface area contributed by atoms with Crippen LogP contribution in [-0.4, -0.2) is 52.7 Å². The van der Waals surface area contributed by atoms with E-state index in [1.54, 1.807) is 0 Å². The monoisotopic (exact) mass is 460 g/mol. The number of piperazine rings is 1. The standard InChI is InChI=1S/C25H24N4O3S/c30-24-23-19(18-4-2-1-3-5-18)15-33-25(23)27-22(26-24)14-29-10-8-28(9-11-29)13-17-6-7-20-21(12-17)32-16-31-20/h1-7,12,15H,8-11,13-14,16H2,(H,26,27,30). The van der Waals surface area contributed by atoms with E-state index in [1.165, 1.54) is 16.9 Å². The van der Waals surface area contributed by atoms with E-state index in [-0.39, 0.29) is 5.56 Å². The molecule has 0 atom stereocenters. The van der Waals surface area contributed by atoms with Crippen LogP contribution in [0.4, 0.5) is 0 Å². The normalized spacial score (nSPS) is 16.5. The summed E-state index contributed by atoms with van der Waals surface area (Å²) in [6, 6.07) is 16.2. The van der Waals surface area contributed by atoms with Crippen LogP contribution in [0, 0.1) is 0 Å². The molecule has 2 aromatic carbocycles. The Morgan fingerprint density at radius 2 is 1.70 bits per heavy atom. The van der Waals surface area contributed by atoms with Crippen LogP contribution < -0.4 is 15.0 Å². The van der Waals surface area contributed by atoms with Crippen LogP contribution in [0.25, 0.3) is 21.3 Å². The molecule has 1 fully saturated rings. The van der Waals surface area contributed by atoms with Crippen molar-refractivity contribution in [1.29, 1.82) is 0 Å². The highest BCUT2D eigenvalue weighted by molar-refractivity contribution is 7.17.